The van der Waals surface area contributed by atoms with Crippen LogP contribution < -0.4 is 11.0 Å². The van der Waals surface area contributed by atoms with E-state index in [2.05, 4.69) is 0 Å². The fourth-order valence-corrected chi connectivity index (χ4v) is 3.29. The lowest BCUT2D eigenvalue weighted by Crippen LogP contribution is -2.18. The number of hydrogen-bond acceptors (Lipinski definition) is 4. The van der Waals surface area contributed by atoms with Gasteiger partial charge in [0, 0.05) is 17.4 Å². The Morgan fingerprint density at radius 2 is 1.65 bits per heavy atom. The van der Waals surface area contributed by atoms with Crippen molar-refractivity contribution in [3.8, 4) is 0 Å². The first kappa shape index (κ1) is 14.4. The van der Waals surface area contributed by atoms with E-state index >= 15 is 0 Å². The Bertz CT molecular complexity index is 658. The second-order valence-corrected chi connectivity index (χ2v) is 6.57. The number of non-ortho nitro benzene ring substituents is 1. The minimum atomic E-state index is -3.79. The zero-order chi connectivity index (χ0) is 14.8. The molecule has 2 atom stereocenters. The Kier molecular flexibility index (Phi) is 3.99. The fourth-order valence-electron chi connectivity index (χ4n) is 1.80. The van der Waals surface area contributed by atoms with Gasteiger partial charge in [-0.25, -0.2) is 0 Å². The molecule has 6 nitrogen and oxygen atoms in total. The number of nitrogens with two attached hydrogens (primary N) is 1. The van der Waals surface area contributed by atoms with Crippen LogP contribution in [0, 0.1) is 10.1 Å². The molecule has 0 aliphatic heterocycles. The first-order valence-corrected chi connectivity index (χ1v) is 7.54. The monoisotopic (exact) mass is 292 g/mol. The summed E-state index contributed by atoms with van der Waals surface area (Å²) in [5, 5.41) is 10.8. The van der Waals surface area contributed by atoms with Gasteiger partial charge in [-0.2, -0.15) is 0 Å². The van der Waals surface area contributed by atoms with Crippen LogP contribution in [0.3, 0.4) is 0 Å². The van der Waals surface area contributed by atoms with Gasteiger partial charge in [-0.1, -0.05) is 30.3 Å². The third-order valence-corrected chi connectivity index (χ3v) is 5.04. The molecule has 0 heterocycles. The van der Waals surface area contributed by atoms with Crippen LogP contribution in [0.2, 0.25) is 0 Å². The van der Waals surface area contributed by atoms with Crippen LogP contribution in [0.5, 0.6) is 0 Å². The standard InChI is InChI=1S/C13H13N2O4P/c14-13(10-6-8-11(9-7-10)15(16)17)20(18,19)12-4-2-1-3-5-12/h1-9,13H,14H2,(H,18,19)/t13-/m0/s1. The van der Waals surface area contributed by atoms with Gasteiger partial charge in [0.15, 0.2) is 0 Å². The number of nitro benzene ring substituents is 1. The number of nitro groups is 1. The molecule has 0 aliphatic rings. The quantitative estimate of drug-likeness (QED) is 0.510. The molecule has 0 spiro atoms. The highest BCUT2D eigenvalue weighted by Crippen LogP contribution is 2.51. The van der Waals surface area contributed by atoms with Crippen LogP contribution in [-0.2, 0) is 4.57 Å². The van der Waals surface area contributed by atoms with Gasteiger partial charge in [0.05, 0.1) is 4.92 Å². The summed E-state index contributed by atoms with van der Waals surface area (Å²) in [7, 11) is -3.79. The lowest BCUT2D eigenvalue weighted by molar-refractivity contribution is -0.384. The lowest BCUT2D eigenvalue weighted by atomic mass is 10.2. The summed E-state index contributed by atoms with van der Waals surface area (Å²) in [6, 6.07) is 13.4. The minimum Gasteiger partial charge on any atom is -0.340 e. The van der Waals surface area contributed by atoms with Gasteiger partial charge in [-0.3, -0.25) is 14.7 Å². The Hall–Kier alpha value is -2.01. The average molecular weight is 292 g/mol. The molecule has 0 bridgehead atoms. The fraction of sp³-hybridized carbons (Fsp3) is 0.0769. The normalized spacial score (nSPS) is 15.3. The van der Waals surface area contributed by atoms with Gasteiger partial charge in [-0.15, -0.1) is 0 Å². The summed E-state index contributed by atoms with van der Waals surface area (Å²) in [5.74, 6) is -1.12. The Labute approximate surface area is 115 Å². The molecule has 7 heteroatoms. The van der Waals surface area contributed by atoms with Crippen molar-refractivity contribution >= 4 is 18.4 Å². The van der Waals surface area contributed by atoms with Gasteiger partial charge in [-0.05, 0) is 17.7 Å². The Morgan fingerprint density at radius 3 is 2.15 bits per heavy atom. The third kappa shape index (κ3) is 2.77. The van der Waals surface area contributed by atoms with E-state index in [1.807, 2.05) is 0 Å². The topological polar surface area (TPSA) is 106 Å². The molecule has 0 aromatic heterocycles. The largest absolute Gasteiger partial charge is 0.340 e. The number of benzene rings is 2. The molecule has 1 unspecified atom stereocenters. The van der Waals surface area contributed by atoms with Gasteiger partial charge in [0.2, 0.25) is 7.37 Å². The van der Waals surface area contributed by atoms with Crippen molar-refractivity contribution in [1.29, 1.82) is 0 Å². The summed E-state index contributed by atoms with van der Waals surface area (Å²) >= 11 is 0. The van der Waals surface area contributed by atoms with Crippen LogP contribution >= 0.6 is 7.37 Å². The zero-order valence-corrected chi connectivity index (χ0v) is 11.3. The van der Waals surface area contributed by atoms with E-state index in [-0.39, 0.29) is 11.0 Å². The van der Waals surface area contributed by atoms with Gasteiger partial charge >= 0.3 is 0 Å². The maximum atomic E-state index is 12.4. The van der Waals surface area contributed by atoms with Crippen molar-refractivity contribution in [3.63, 3.8) is 0 Å². The molecule has 0 amide bonds. The van der Waals surface area contributed by atoms with Crippen molar-refractivity contribution in [3.05, 3.63) is 70.3 Å². The summed E-state index contributed by atoms with van der Waals surface area (Å²) in [5.41, 5.74) is 6.14. The molecule has 0 fully saturated rings. The number of hydrogen-bond donors (Lipinski definition) is 2. The SMILES string of the molecule is N[C@H](c1ccc([N+](=O)[O-])cc1)P(=O)(O)c1ccccc1. The molecule has 0 saturated carbocycles. The summed E-state index contributed by atoms with van der Waals surface area (Å²) in [6.07, 6.45) is 0. The molecule has 3 N–H and O–H groups in total. The van der Waals surface area contributed by atoms with Crippen molar-refractivity contribution < 1.29 is 14.4 Å². The molecule has 0 aliphatic carbocycles. The highest BCUT2D eigenvalue weighted by Gasteiger charge is 2.31. The molecule has 2 aromatic rings. The van der Waals surface area contributed by atoms with Gasteiger partial charge in [0.25, 0.3) is 5.69 Å². The van der Waals surface area contributed by atoms with E-state index in [0.717, 1.165) is 0 Å². The minimum absolute atomic E-state index is 0.0894. The van der Waals surface area contributed by atoms with Crippen LogP contribution in [0.1, 0.15) is 11.3 Å². The molecule has 20 heavy (non-hydrogen) atoms. The highest BCUT2D eigenvalue weighted by atomic mass is 31.2. The maximum absolute atomic E-state index is 12.4. The molecule has 0 radical (unpaired) electrons. The van der Waals surface area contributed by atoms with E-state index in [9.17, 15) is 19.6 Å². The molecule has 104 valence electrons. The van der Waals surface area contributed by atoms with Crippen molar-refractivity contribution in [1.82, 2.24) is 0 Å². The predicted molar refractivity (Wildman–Crippen MR) is 75.9 cm³/mol. The average Bonchev–Trinajstić information content (AvgIpc) is 2.47. The van der Waals surface area contributed by atoms with Gasteiger partial charge in [0.1, 0.15) is 5.78 Å². The number of rotatable bonds is 4. The van der Waals surface area contributed by atoms with E-state index < -0.39 is 18.1 Å². The van der Waals surface area contributed by atoms with E-state index in [1.165, 1.54) is 36.4 Å². The molecular weight excluding hydrogens is 279 g/mol. The highest BCUT2D eigenvalue weighted by molar-refractivity contribution is 7.66. The van der Waals surface area contributed by atoms with Crippen molar-refractivity contribution in [2.75, 3.05) is 0 Å². The summed E-state index contributed by atoms with van der Waals surface area (Å²) in [4.78, 5) is 20.2. The first-order chi connectivity index (χ1) is 9.43. The third-order valence-electron chi connectivity index (χ3n) is 2.95. The van der Waals surface area contributed by atoms with E-state index in [0.29, 0.717) is 5.56 Å². The second-order valence-electron chi connectivity index (χ2n) is 4.25. The van der Waals surface area contributed by atoms with E-state index in [4.69, 9.17) is 5.73 Å². The smallest absolute Gasteiger partial charge is 0.269 e. The second kappa shape index (κ2) is 5.54. The lowest BCUT2D eigenvalue weighted by Gasteiger charge is -2.19. The van der Waals surface area contributed by atoms with Crippen molar-refractivity contribution in [2.45, 2.75) is 5.78 Å². The Balaban J connectivity index is 2.33. The summed E-state index contributed by atoms with van der Waals surface area (Å²) < 4.78 is 12.4. The predicted octanol–water partition coefficient (Wildman–Crippen LogP) is 2.15. The van der Waals surface area contributed by atoms with Crippen LogP contribution in [0.15, 0.2) is 54.6 Å². The van der Waals surface area contributed by atoms with Gasteiger partial charge < -0.3 is 10.6 Å². The molecule has 0 saturated heterocycles. The van der Waals surface area contributed by atoms with Crippen LogP contribution in [0.25, 0.3) is 0 Å². The first-order valence-electron chi connectivity index (χ1n) is 5.81. The Morgan fingerprint density at radius 1 is 1.10 bits per heavy atom. The van der Waals surface area contributed by atoms with Crippen LogP contribution in [-0.4, -0.2) is 9.82 Å². The maximum Gasteiger partial charge on any atom is 0.269 e. The van der Waals surface area contributed by atoms with E-state index in [1.54, 1.807) is 18.2 Å². The summed E-state index contributed by atoms with van der Waals surface area (Å²) in [6.45, 7) is 0. The van der Waals surface area contributed by atoms with Crippen molar-refractivity contribution in [2.24, 2.45) is 5.73 Å². The zero-order valence-electron chi connectivity index (χ0n) is 10.4. The van der Waals surface area contributed by atoms with Crippen LogP contribution in [0.4, 0.5) is 5.69 Å². The molecule has 2 aromatic carbocycles. The molecular formula is C13H13N2O4P. The molecule has 2 rings (SSSR count). The number of nitrogens with zero attached hydrogens (tertiary/aromatic N) is 1.